The van der Waals surface area contributed by atoms with Crippen molar-refractivity contribution in [3.63, 3.8) is 0 Å². The molecule has 1 saturated heterocycles. The summed E-state index contributed by atoms with van der Waals surface area (Å²) in [5.41, 5.74) is 5.71. The van der Waals surface area contributed by atoms with E-state index in [1.54, 1.807) is 7.05 Å². The largest absolute Gasteiger partial charge is 0.496 e. The van der Waals surface area contributed by atoms with Crippen LogP contribution in [0.15, 0.2) is 23.1 Å². The highest BCUT2D eigenvalue weighted by Crippen LogP contribution is 2.27. The van der Waals surface area contributed by atoms with Gasteiger partial charge in [-0.15, -0.1) is 12.4 Å². The number of nitrogens with two attached hydrogens (primary N) is 1. The molecule has 0 unspecified atom stereocenters. The maximum atomic E-state index is 13.0. The maximum absolute atomic E-state index is 13.0. The Labute approximate surface area is 173 Å². The lowest BCUT2D eigenvalue weighted by atomic mass is 9.93. The van der Waals surface area contributed by atoms with Crippen molar-refractivity contribution >= 4 is 28.3 Å². The van der Waals surface area contributed by atoms with Crippen LogP contribution in [0.5, 0.6) is 5.75 Å². The highest BCUT2D eigenvalue weighted by Gasteiger charge is 2.29. The molecule has 2 N–H and O–H groups in total. The van der Waals surface area contributed by atoms with Crippen molar-refractivity contribution in [3.05, 3.63) is 23.8 Å². The molecule has 0 spiro atoms. The highest BCUT2D eigenvalue weighted by atomic mass is 35.5. The minimum Gasteiger partial charge on any atom is -0.496 e. The molecule has 0 radical (unpaired) electrons. The quantitative estimate of drug-likeness (QED) is 0.690. The molecule has 0 aliphatic carbocycles. The predicted octanol–water partition coefficient (Wildman–Crippen LogP) is 1.19. The molecule has 0 aromatic heterocycles. The van der Waals surface area contributed by atoms with Crippen LogP contribution in [0.2, 0.25) is 0 Å². The second-order valence-corrected chi connectivity index (χ2v) is 9.35. The number of hydrogen-bond acceptors (Lipinski definition) is 6. The molecule has 2 rings (SSSR count). The average molecular weight is 436 g/mol. The molecule has 0 saturated carbocycles. The third-order valence-electron chi connectivity index (χ3n) is 4.57. The molecule has 28 heavy (non-hydrogen) atoms. The molecule has 160 valence electrons. The Kier molecular flexibility index (Phi) is 8.70. The van der Waals surface area contributed by atoms with E-state index in [1.807, 2.05) is 13.8 Å². The van der Waals surface area contributed by atoms with E-state index in [1.165, 1.54) is 34.5 Å². The molecule has 1 aliphatic heterocycles. The van der Waals surface area contributed by atoms with Gasteiger partial charge in [0.15, 0.2) is 0 Å². The van der Waals surface area contributed by atoms with Crippen molar-refractivity contribution in [3.8, 4) is 5.75 Å². The first-order chi connectivity index (χ1) is 12.6. The number of morpholine rings is 1. The Morgan fingerprint density at radius 1 is 1.32 bits per heavy atom. The first-order valence-corrected chi connectivity index (χ1v) is 10.3. The number of ether oxygens (including phenoxy) is 2. The fourth-order valence-electron chi connectivity index (χ4n) is 2.93. The number of sulfonamides is 1. The molecule has 1 aromatic carbocycles. The van der Waals surface area contributed by atoms with Gasteiger partial charge in [0.1, 0.15) is 5.75 Å². The van der Waals surface area contributed by atoms with E-state index in [4.69, 9.17) is 15.2 Å². The lowest BCUT2D eigenvalue weighted by Crippen LogP contribution is -2.41. The smallest absolute Gasteiger partial charge is 0.257 e. The van der Waals surface area contributed by atoms with Gasteiger partial charge in [-0.2, -0.15) is 4.31 Å². The standard InChI is InChI=1S/C18H29N3O5S.ClH/c1-18(2,12-19)13-20(3)17(22)15-11-14(5-6-16(15)25-4)27(23,24)21-7-9-26-10-8-21;/h5-6,11H,7-10,12-13,19H2,1-4H3;1H. The van der Waals surface area contributed by atoms with Gasteiger partial charge in [-0.05, 0) is 30.2 Å². The van der Waals surface area contributed by atoms with Gasteiger partial charge in [0.05, 0.1) is 30.8 Å². The lowest BCUT2D eigenvalue weighted by molar-refractivity contribution is 0.0728. The zero-order valence-corrected chi connectivity index (χ0v) is 18.4. The Hall–Kier alpha value is -1.39. The molecule has 0 atom stereocenters. The molecule has 1 fully saturated rings. The molecule has 8 nitrogen and oxygen atoms in total. The van der Waals surface area contributed by atoms with Gasteiger partial charge in [0, 0.05) is 26.7 Å². The summed E-state index contributed by atoms with van der Waals surface area (Å²) in [6, 6.07) is 4.37. The van der Waals surface area contributed by atoms with Gasteiger partial charge in [-0.1, -0.05) is 13.8 Å². The van der Waals surface area contributed by atoms with Crippen LogP contribution in [0, 0.1) is 5.41 Å². The highest BCUT2D eigenvalue weighted by molar-refractivity contribution is 7.89. The van der Waals surface area contributed by atoms with E-state index in [9.17, 15) is 13.2 Å². The minimum atomic E-state index is -3.70. The Morgan fingerprint density at radius 3 is 2.46 bits per heavy atom. The van der Waals surface area contributed by atoms with Crippen molar-refractivity contribution in [2.75, 3.05) is 53.6 Å². The minimum absolute atomic E-state index is 0. The number of carbonyl (C=O) groups excluding carboxylic acids is 1. The number of methoxy groups -OCH3 is 1. The second kappa shape index (κ2) is 9.89. The second-order valence-electron chi connectivity index (χ2n) is 7.41. The molecule has 1 amide bonds. The van der Waals surface area contributed by atoms with E-state index in [0.717, 1.165) is 0 Å². The third-order valence-corrected chi connectivity index (χ3v) is 6.47. The normalized spacial score (nSPS) is 15.6. The molecule has 1 aromatic rings. The maximum Gasteiger partial charge on any atom is 0.257 e. The van der Waals surface area contributed by atoms with Gasteiger partial charge in [0.25, 0.3) is 5.91 Å². The van der Waals surface area contributed by atoms with Crippen LogP contribution in [0.25, 0.3) is 0 Å². The van der Waals surface area contributed by atoms with Crippen molar-refractivity contribution in [1.29, 1.82) is 0 Å². The molecular weight excluding hydrogens is 406 g/mol. The number of hydrogen-bond donors (Lipinski definition) is 1. The molecule has 0 bridgehead atoms. The molecular formula is C18H30ClN3O5S. The van der Waals surface area contributed by atoms with Crippen LogP contribution < -0.4 is 10.5 Å². The van der Waals surface area contributed by atoms with E-state index in [0.29, 0.717) is 45.1 Å². The summed E-state index contributed by atoms with van der Waals surface area (Å²) in [5.74, 6) is 0.0192. The molecule has 1 heterocycles. The van der Waals surface area contributed by atoms with Crippen molar-refractivity contribution in [1.82, 2.24) is 9.21 Å². The average Bonchev–Trinajstić information content (AvgIpc) is 2.67. The summed E-state index contributed by atoms with van der Waals surface area (Å²) >= 11 is 0. The number of halogens is 1. The fourth-order valence-corrected chi connectivity index (χ4v) is 4.37. The predicted molar refractivity (Wildman–Crippen MR) is 110 cm³/mol. The topological polar surface area (TPSA) is 102 Å². The van der Waals surface area contributed by atoms with Gasteiger partial charge in [0.2, 0.25) is 10.0 Å². The summed E-state index contributed by atoms with van der Waals surface area (Å²) in [6.07, 6.45) is 0. The van der Waals surface area contributed by atoms with E-state index >= 15 is 0 Å². The van der Waals surface area contributed by atoms with Crippen LogP contribution in [0.1, 0.15) is 24.2 Å². The summed E-state index contributed by atoms with van der Waals surface area (Å²) in [5, 5.41) is 0. The Morgan fingerprint density at radius 2 is 1.93 bits per heavy atom. The van der Waals surface area contributed by atoms with Crippen molar-refractivity contribution < 1.29 is 22.7 Å². The fraction of sp³-hybridized carbons (Fsp3) is 0.611. The first kappa shape index (κ1) is 24.6. The van der Waals surface area contributed by atoms with Crippen LogP contribution in [-0.4, -0.2) is 77.1 Å². The van der Waals surface area contributed by atoms with Gasteiger partial charge in [-0.3, -0.25) is 4.79 Å². The Bertz CT molecular complexity index is 779. The zero-order valence-electron chi connectivity index (χ0n) is 16.8. The van der Waals surface area contributed by atoms with E-state index in [2.05, 4.69) is 0 Å². The molecule has 10 heteroatoms. The zero-order chi connectivity index (χ0) is 20.2. The summed E-state index contributed by atoms with van der Waals surface area (Å²) in [4.78, 5) is 14.6. The van der Waals surface area contributed by atoms with E-state index < -0.39 is 10.0 Å². The van der Waals surface area contributed by atoms with Crippen LogP contribution >= 0.6 is 12.4 Å². The van der Waals surface area contributed by atoms with E-state index in [-0.39, 0.29) is 34.2 Å². The van der Waals surface area contributed by atoms with Gasteiger partial charge < -0.3 is 20.1 Å². The Balaban J connectivity index is 0.00000392. The van der Waals surface area contributed by atoms with Crippen LogP contribution in [0.4, 0.5) is 0 Å². The van der Waals surface area contributed by atoms with Gasteiger partial charge >= 0.3 is 0 Å². The first-order valence-electron chi connectivity index (χ1n) is 8.84. The van der Waals surface area contributed by atoms with Crippen molar-refractivity contribution in [2.24, 2.45) is 11.1 Å². The summed E-state index contributed by atoms with van der Waals surface area (Å²) < 4.78 is 37.7. The monoisotopic (exact) mass is 435 g/mol. The number of nitrogens with zero attached hydrogens (tertiary/aromatic N) is 2. The number of carbonyl (C=O) groups is 1. The lowest BCUT2D eigenvalue weighted by Gasteiger charge is -2.29. The SMILES string of the molecule is COc1ccc(S(=O)(=O)N2CCOCC2)cc1C(=O)N(C)CC(C)(C)CN.Cl. The number of rotatable bonds is 7. The summed E-state index contributed by atoms with van der Waals surface area (Å²) in [6.45, 7) is 6.10. The van der Waals surface area contributed by atoms with Crippen molar-refractivity contribution in [2.45, 2.75) is 18.7 Å². The third kappa shape index (κ3) is 5.57. The van der Waals surface area contributed by atoms with Crippen LogP contribution in [0.3, 0.4) is 0 Å². The van der Waals surface area contributed by atoms with Crippen LogP contribution in [-0.2, 0) is 14.8 Å². The molecule has 1 aliphatic rings. The number of amides is 1. The van der Waals surface area contributed by atoms with Gasteiger partial charge in [-0.25, -0.2) is 8.42 Å². The summed E-state index contributed by atoms with van der Waals surface area (Å²) in [7, 11) is -0.582. The number of benzene rings is 1.